The third-order valence-corrected chi connectivity index (χ3v) is 6.36. The average Bonchev–Trinajstić information content (AvgIpc) is 3.44. The van der Waals surface area contributed by atoms with E-state index in [0.717, 1.165) is 40.3 Å². The molecule has 0 radical (unpaired) electrons. The van der Waals surface area contributed by atoms with Crippen molar-refractivity contribution in [2.45, 2.75) is 25.4 Å². The first-order chi connectivity index (χ1) is 15.5. The zero-order valence-corrected chi connectivity index (χ0v) is 19.0. The Labute approximate surface area is 191 Å². The zero-order chi connectivity index (χ0) is 22.5. The molecule has 166 valence electrons. The van der Waals surface area contributed by atoms with E-state index in [1.807, 2.05) is 24.8 Å². The van der Waals surface area contributed by atoms with Gasteiger partial charge >= 0.3 is 5.97 Å². The summed E-state index contributed by atoms with van der Waals surface area (Å²) in [6, 6.07) is 13.6. The van der Waals surface area contributed by atoms with Crippen LogP contribution in [0.1, 0.15) is 40.4 Å². The molecule has 2 aromatic carbocycles. The molecule has 0 aliphatic heterocycles. The molecular weight excluding hydrogens is 422 g/mol. The van der Waals surface area contributed by atoms with Crippen molar-refractivity contribution >= 4 is 32.7 Å². The van der Waals surface area contributed by atoms with Crippen LogP contribution in [-0.2, 0) is 6.54 Å². The Balaban J connectivity index is 1.51. The van der Waals surface area contributed by atoms with Crippen molar-refractivity contribution in [2.24, 2.45) is 0 Å². The van der Waals surface area contributed by atoms with E-state index in [1.165, 1.54) is 5.56 Å². The first-order valence-corrected chi connectivity index (χ1v) is 11.4. The molecule has 8 heteroatoms. The smallest absolute Gasteiger partial charge is 0.335 e. The minimum Gasteiger partial charge on any atom is -0.478 e. The van der Waals surface area contributed by atoms with Crippen LogP contribution in [0, 0.1) is 0 Å². The van der Waals surface area contributed by atoms with E-state index < -0.39 is 5.97 Å². The van der Waals surface area contributed by atoms with Crippen LogP contribution in [0.15, 0.2) is 61.2 Å². The Hall–Kier alpha value is -3.23. The number of hydrogen-bond acceptors (Lipinski definition) is 6. The number of carboxylic acid groups (broad SMARTS) is 1. The van der Waals surface area contributed by atoms with Crippen molar-refractivity contribution in [2.75, 3.05) is 26.0 Å². The highest BCUT2D eigenvalue weighted by Crippen LogP contribution is 2.31. The van der Waals surface area contributed by atoms with Gasteiger partial charge in [-0.15, -0.1) is 0 Å². The maximum Gasteiger partial charge on any atom is 0.335 e. The molecule has 0 amide bonds. The fourth-order valence-corrected chi connectivity index (χ4v) is 4.67. The standard InChI is InChI=1S/C24H27N5O2S/c1-28(2)11-4-7-21(29-12-10-25-16-29)18-8-9-20-22(14-18)32-24(27-20)26-15-17-5-3-6-19(13-17)23(30)31/h3,5-6,8-10,12-14,16,21H,4,7,11,15H2,1-2H3,(H,26,27)(H,30,31). The summed E-state index contributed by atoms with van der Waals surface area (Å²) in [5.74, 6) is -0.919. The van der Waals surface area contributed by atoms with Gasteiger partial charge in [-0.3, -0.25) is 0 Å². The fourth-order valence-electron chi connectivity index (χ4n) is 3.76. The van der Waals surface area contributed by atoms with Gasteiger partial charge in [-0.2, -0.15) is 0 Å². The van der Waals surface area contributed by atoms with E-state index in [1.54, 1.807) is 29.5 Å². The Morgan fingerprint density at radius 3 is 2.88 bits per heavy atom. The Bertz CT molecular complexity index is 1190. The number of carboxylic acids is 1. The Morgan fingerprint density at radius 2 is 2.12 bits per heavy atom. The predicted molar refractivity (Wildman–Crippen MR) is 129 cm³/mol. The number of anilines is 1. The van der Waals surface area contributed by atoms with Crippen molar-refractivity contribution in [1.82, 2.24) is 19.4 Å². The molecule has 2 N–H and O–H groups in total. The SMILES string of the molecule is CN(C)CCCC(c1ccc2nc(NCc3cccc(C(=O)O)c3)sc2c1)n1ccnc1. The zero-order valence-electron chi connectivity index (χ0n) is 18.2. The summed E-state index contributed by atoms with van der Waals surface area (Å²) in [4.78, 5) is 22.3. The van der Waals surface area contributed by atoms with Crippen molar-refractivity contribution < 1.29 is 9.90 Å². The summed E-state index contributed by atoms with van der Waals surface area (Å²) in [5.41, 5.74) is 3.40. The number of aromatic nitrogens is 3. The second-order valence-corrected chi connectivity index (χ2v) is 9.11. The largest absolute Gasteiger partial charge is 0.478 e. The maximum atomic E-state index is 11.2. The summed E-state index contributed by atoms with van der Waals surface area (Å²) in [5, 5.41) is 13.3. The number of imidazole rings is 1. The number of hydrogen-bond donors (Lipinski definition) is 2. The second kappa shape index (κ2) is 9.93. The van der Waals surface area contributed by atoms with Gasteiger partial charge in [0.15, 0.2) is 5.13 Å². The van der Waals surface area contributed by atoms with Gasteiger partial charge < -0.3 is 19.9 Å². The molecule has 2 heterocycles. The van der Waals surface area contributed by atoms with Crippen LogP contribution in [0.25, 0.3) is 10.2 Å². The predicted octanol–water partition coefficient (Wildman–Crippen LogP) is 4.73. The highest BCUT2D eigenvalue weighted by molar-refractivity contribution is 7.22. The summed E-state index contributed by atoms with van der Waals surface area (Å²) < 4.78 is 3.30. The Morgan fingerprint density at radius 1 is 1.25 bits per heavy atom. The average molecular weight is 450 g/mol. The molecule has 2 aromatic heterocycles. The van der Waals surface area contributed by atoms with E-state index in [-0.39, 0.29) is 11.6 Å². The lowest BCUT2D eigenvalue weighted by atomic mass is 10.0. The van der Waals surface area contributed by atoms with Crippen LogP contribution in [-0.4, -0.2) is 51.2 Å². The van der Waals surface area contributed by atoms with Crippen molar-refractivity contribution in [3.8, 4) is 0 Å². The molecule has 0 aliphatic rings. The van der Waals surface area contributed by atoms with Crippen LogP contribution < -0.4 is 5.32 Å². The molecular formula is C24H27N5O2S. The summed E-state index contributed by atoms with van der Waals surface area (Å²) in [6.07, 6.45) is 7.86. The molecule has 1 atom stereocenters. The minimum atomic E-state index is -0.919. The lowest BCUT2D eigenvalue weighted by Crippen LogP contribution is -2.16. The lowest BCUT2D eigenvalue weighted by molar-refractivity contribution is 0.0696. The van der Waals surface area contributed by atoms with E-state index in [2.05, 4.69) is 52.1 Å². The molecule has 0 spiro atoms. The number of aromatic carboxylic acids is 1. The van der Waals surface area contributed by atoms with Crippen LogP contribution in [0.4, 0.5) is 5.13 Å². The molecule has 0 saturated carbocycles. The van der Waals surface area contributed by atoms with Gasteiger partial charge in [0.1, 0.15) is 0 Å². The minimum absolute atomic E-state index is 0.235. The van der Waals surface area contributed by atoms with Crippen molar-refractivity contribution in [3.05, 3.63) is 77.9 Å². The molecule has 32 heavy (non-hydrogen) atoms. The van der Waals surface area contributed by atoms with Gasteiger partial charge in [-0.1, -0.05) is 29.5 Å². The van der Waals surface area contributed by atoms with Gasteiger partial charge in [0.25, 0.3) is 0 Å². The first-order valence-electron chi connectivity index (χ1n) is 10.6. The topological polar surface area (TPSA) is 83.3 Å². The molecule has 0 aliphatic carbocycles. The monoisotopic (exact) mass is 449 g/mol. The van der Waals surface area contributed by atoms with E-state index in [4.69, 9.17) is 4.98 Å². The number of nitrogens with one attached hydrogen (secondary N) is 1. The molecule has 0 fully saturated rings. The first kappa shape index (κ1) is 22.0. The second-order valence-electron chi connectivity index (χ2n) is 8.08. The van der Waals surface area contributed by atoms with Crippen LogP contribution in [0.3, 0.4) is 0 Å². The molecule has 4 aromatic rings. The van der Waals surface area contributed by atoms with Crippen LogP contribution in [0.2, 0.25) is 0 Å². The highest BCUT2D eigenvalue weighted by Gasteiger charge is 2.15. The van der Waals surface area contributed by atoms with Crippen LogP contribution >= 0.6 is 11.3 Å². The molecule has 0 bridgehead atoms. The third kappa shape index (κ3) is 5.33. The van der Waals surface area contributed by atoms with Gasteiger partial charge in [0.2, 0.25) is 0 Å². The summed E-state index contributed by atoms with van der Waals surface area (Å²) >= 11 is 1.61. The quantitative estimate of drug-likeness (QED) is 0.364. The van der Waals surface area contributed by atoms with Crippen LogP contribution in [0.5, 0.6) is 0 Å². The number of benzene rings is 2. The van der Waals surface area contributed by atoms with Gasteiger partial charge in [0, 0.05) is 18.9 Å². The van der Waals surface area contributed by atoms with Gasteiger partial charge in [-0.25, -0.2) is 14.8 Å². The maximum absolute atomic E-state index is 11.2. The van der Waals surface area contributed by atoms with Gasteiger partial charge in [0.05, 0.1) is 28.1 Å². The molecule has 0 saturated heterocycles. The van der Waals surface area contributed by atoms with Crippen molar-refractivity contribution in [1.29, 1.82) is 0 Å². The van der Waals surface area contributed by atoms with Gasteiger partial charge in [-0.05, 0) is 68.9 Å². The lowest BCUT2D eigenvalue weighted by Gasteiger charge is -2.20. The Kier molecular flexibility index (Phi) is 6.82. The number of rotatable bonds is 10. The normalized spacial score (nSPS) is 12.3. The molecule has 4 rings (SSSR count). The molecule has 1 unspecified atom stereocenters. The number of thiazole rings is 1. The van der Waals surface area contributed by atoms with E-state index in [9.17, 15) is 9.90 Å². The highest BCUT2D eigenvalue weighted by atomic mass is 32.1. The molecule has 7 nitrogen and oxygen atoms in total. The number of carbonyl (C=O) groups is 1. The fraction of sp³-hybridized carbons (Fsp3) is 0.292. The summed E-state index contributed by atoms with van der Waals surface area (Å²) in [6.45, 7) is 1.57. The van der Waals surface area contributed by atoms with Crippen molar-refractivity contribution in [3.63, 3.8) is 0 Å². The summed E-state index contributed by atoms with van der Waals surface area (Å²) in [7, 11) is 4.20. The number of nitrogens with zero attached hydrogens (tertiary/aromatic N) is 4. The third-order valence-electron chi connectivity index (χ3n) is 5.38. The van der Waals surface area contributed by atoms with E-state index >= 15 is 0 Å². The van der Waals surface area contributed by atoms with E-state index in [0.29, 0.717) is 6.54 Å². The number of fused-ring (bicyclic) bond motifs is 1.